The summed E-state index contributed by atoms with van der Waals surface area (Å²) in [5.74, 6) is 0.878. The molecule has 8 heteroatoms. The standard InChI is InChI=1S/C22H30N2O5S/c1-6-20(24(30(5,26)27)18-11-9-12-19(14-18)28-4)22(25)23-17(3)15-29-21-13-8-7-10-16(21)2/h7-14,17,20H,6,15H2,1-5H3,(H,23,25)/t17-,20+/m1/s1. The molecule has 1 amide bonds. The van der Waals surface area contributed by atoms with Crippen molar-refractivity contribution in [3.05, 3.63) is 54.1 Å². The lowest BCUT2D eigenvalue weighted by atomic mass is 10.1. The minimum atomic E-state index is -3.71. The summed E-state index contributed by atoms with van der Waals surface area (Å²) in [7, 11) is -2.21. The van der Waals surface area contributed by atoms with Gasteiger partial charge in [-0.1, -0.05) is 31.2 Å². The number of nitrogens with one attached hydrogen (secondary N) is 1. The van der Waals surface area contributed by atoms with Crippen molar-refractivity contribution >= 4 is 21.6 Å². The number of methoxy groups -OCH3 is 1. The first kappa shape index (κ1) is 23.5. The molecule has 2 aromatic carbocycles. The number of ether oxygens (including phenoxy) is 2. The highest BCUT2D eigenvalue weighted by Crippen LogP contribution is 2.26. The lowest BCUT2D eigenvalue weighted by Crippen LogP contribution is -2.52. The van der Waals surface area contributed by atoms with Crippen LogP contribution < -0.4 is 19.1 Å². The van der Waals surface area contributed by atoms with E-state index in [1.807, 2.05) is 38.1 Å². The van der Waals surface area contributed by atoms with Crippen molar-refractivity contribution in [2.45, 2.75) is 39.3 Å². The smallest absolute Gasteiger partial charge is 0.244 e. The molecule has 0 unspecified atom stereocenters. The van der Waals surface area contributed by atoms with E-state index in [-0.39, 0.29) is 18.6 Å². The molecule has 1 N–H and O–H groups in total. The first-order chi connectivity index (χ1) is 14.2. The van der Waals surface area contributed by atoms with Crippen LogP contribution in [-0.2, 0) is 14.8 Å². The van der Waals surface area contributed by atoms with E-state index >= 15 is 0 Å². The molecular formula is C22H30N2O5S. The number of rotatable bonds is 10. The van der Waals surface area contributed by atoms with Gasteiger partial charge in [0.2, 0.25) is 15.9 Å². The average molecular weight is 435 g/mol. The molecular weight excluding hydrogens is 404 g/mol. The Morgan fingerprint density at radius 2 is 1.87 bits per heavy atom. The fraction of sp³-hybridized carbons (Fsp3) is 0.409. The molecule has 0 saturated heterocycles. The molecule has 0 aliphatic heterocycles. The van der Waals surface area contributed by atoms with E-state index in [0.717, 1.165) is 21.9 Å². The molecule has 164 valence electrons. The average Bonchev–Trinajstić information content (AvgIpc) is 2.70. The summed E-state index contributed by atoms with van der Waals surface area (Å²) in [6, 6.07) is 13.1. The second-order valence-corrected chi connectivity index (χ2v) is 9.03. The lowest BCUT2D eigenvalue weighted by Gasteiger charge is -2.31. The molecule has 0 heterocycles. The second-order valence-electron chi connectivity index (χ2n) is 7.17. The molecule has 7 nitrogen and oxygen atoms in total. The van der Waals surface area contributed by atoms with E-state index in [9.17, 15) is 13.2 Å². The second kappa shape index (κ2) is 10.3. The fourth-order valence-corrected chi connectivity index (χ4v) is 4.33. The van der Waals surface area contributed by atoms with Gasteiger partial charge in [0, 0.05) is 6.07 Å². The Bertz CT molecular complexity index is 962. The van der Waals surface area contributed by atoms with Gasteiger partial charge in [-0.25, -0.2) is 8.42 Å². The fourth-order valence-electron chi connectivity index (χ4n) is 3.12. The zero-order valence-corrected chi connectivity index (χ0v) is 18.9. The Hall–Kier alpha value is -2.74. The number of sulfonamides is 1. The number of carbonyl (C=O) groups is 1. The van der Waals surface area contributed by atoms with E-state index in [4.69, 9.17) is 9.47 Å². The molecule has 0 aliphatic rings. The maximum absolute atomic E-state index is 13.0. The van der Waals surface area contributed by atoms with Crippen molar-refractivity contribution in [1.82, 2.24) is 5.32 Å². The summed E-state index contributed by atoms with van der Waals surface area (Å²) in [6.07, 6.45) is 1.40. The predicted octanol–water partition coefficient (Wildman–Crippen LogP) is 3.13. The van der Waals surface area contributed by atoms with Crippen LogP contribution in [0.2, 0.25) is 0 Å². The van der Waals surface area contributed by atoms with Crippen LogP contribution >= 0.6 is 0 Å². The van der Waals surface area contributed by atoms with Crippen molar-refractivity contribution in [2.75, 3.05) is 24.3 Å². The van der Waals surface area contributed by atoms with Crippen LogP contribution in [0.15, 0.2) is 48.5 Å². The van der Waals surface area contributed by atoms with Crippen LogP contribution in [0.25, 0.3) is 0 Å². The zero-order chi connectivity index (χ0) is 22.3. The topological polar surface area (TPSA) is 84.9 Å². The Kier molecular flexibility index (Phi) is 8.11. The minimum Gasteiger partial charge on any atom is -0.497 e. The van der Waals surface area contributed by atoms with Gasteiger partial charge < -0.3 is 14.8 Å². The minimum absolute atomic E-state index is 0.269. The summed E-state index contributed by atoms with van der Waals surface area (Å²) >= 11 is 0. The number of benzene rings is 2. The van der Waals surface area contributed by atoms with Gasteiger partial charge in [0.05, 0.1) is 25.1 Å². The number of para-hydroxylation sites is 1. The van der Waals surface area contributed by atoms with E-state index in [0.29, 0.717) is 17.9 Å². The molecule has 0 saturated carbocycles. The van der Waals surface area contributed by atoms with Crippen LogP contribution in [0, 0.1) is 6.92 Å². The third kappa shape index (κ3) is 6.13. The third-order valence-electron chi connectivity index (χ3n) is 4.61. The third-order valence-corrected chi connectivity index (χ3v) is 5.79. The van der Waals surface area contributed by atoms with Crippen LogP contribution in [0.5, 0.6) is 11.5 Å². The van der Waals surface area contributed by atoms with E-state index in [1.165, 1.54) is 7.11 Å². The highest BCUT2D eigenvalue weighted by Gasteiger charge is 2.32. The molecule has 0 radical (unpaired) electrons. The normalized spacial score (nSPS) is 13.2. The van der Waals surface area contributed by atoms with Crippen molar-refractivity contribution < 1.29 is 22.7 Å². The first-order valence-corrected chi connectivity index (χ1v) is 11.6. The molecule has 0 aliphatic carbocycles. The first-order valence-electron chi connectivity index (χ1n) is 9.79. The lowest BCUT2D eigenvalue weighted by molar-refractivity contribution is -0.123. The van der Waals surface area contributed by atoms with Crippen LogP contribution in [0.1, 0.15) is 25.8 Å². The van der Waals surface area contributed by atoms with Gasteiger partial charge in [-0.05, 0) is 44.0 Å². The summed E-state index contributed by atoms with van der Waals surface area (Å²) in [5, 5.41) is 2.87. The SMILES string of the molecule is CC[C@@H](C(=O)N[C@H](C)COc1ccccc1C)N(c1cccc(OC)c1)S(C)(=O)=O. The Morgan fingerprint density at radius 1 is 1.17 bits per heavy atom. The maximum Gasteiger partial charge on any atom is 0.244 e. The van der Waals surface area contributed by atoms with Gasteiger partial charge in [0.15, 0.2) is 0 Å². The summed E-state index contributed by atoms with van der Waals surface area (Å²) in [4.78, 5) is 13.0. The molecule has 2 rings (SSSR count). The van der Waals surface area contributed by atoms with Crippen LogP contribution in [0.4, 0.5) is 5.69 Å². The number of hydrogen-bond donors (Lipinski definition) is 1. The van der Waals surface area contributed by atoms with Gasteiger partial charge in [0.1, 0.15) is 24.1 Å². The van der Waals surface area contributed by atoms with Crippen LogP contribution in [0.3, 0.4) is 0 Å². The van der Waals surface area contributed by atoms with Crippen LogP contribution in [-0.4, -0.2) is 46.4 Å². The summed E-state index contributed by atoms with van der Waals surface area (Å²) in [6.45, 7) is 5.81. The summed E-state index contributed by atoms with van der Waals surface area (Å²) in [5.41, 5.74) is 1.38. The Balaban J connectivity index is 2.16. The van der Waals surface area contributed by atoms with Gasteiger partial charge in [0.25, 0.3) is 0 Å². The molecule has 2 atom stereocenters. The molecule has 0 aromatic heterocycles. The largest absolute Gasteiger partial charge is 0.497 e. The Labute approximate surface area is 179 Å². The highest BCUT2D eigenvalue weighted by molar-refractivity contribution is 7.92. The number of anilines is 1. The molecule has 2 aromatic rings. The van der Waals surface area contributed by atoms with Crippen molar-refractivity contribution in [2.24, 2.45) is 0 Å². The number of nitrogens with zero attached hydrogens (tertiary/aromatic N) is 1. The van der Waals surface area contributed by atoms with Gasteiger partial charge in [-0.15, -0.1) is 0 Å². The molecule has 0 spiro atoms. The monoisotopic (exact) mass is 434 g/mol. The number of aryl methyl sites for hydroxylation is 1. The van der Waals surface area contributed by atoms with Crippen molar-refractivity contribution in [1.29, 1.82) is 0 Å². The quantitative estimate of drug-likeness (QED) is 0.621. The van der Waals surface area contributed by atoms with Crippen molar-refractivity contribution in [3.63, 3.8) is 0 Å². The highest BCUT2D eigenvalue weighted by atomic mass is 32.2. The number of carbonyl (C=O) groups excluding carboxylic acids is 1. The van der Waals surface area contributed by atoms with Gasteiger partial charge in [-0.2, -0.15) is 0 Å². The molecule has 30 heavy (non-hydrogen) atoms. The molecule has 0 fully saturated rings. The molecule has 0 bridgehead atoms. The van der Waals surface area contributed by atoms with Gasteiger partial charge in [-0.3, -0.25) is 9.10 Å². The van der Waals surface area contributed by atoms with E-state index in [1.54, 1.807) is 31.2 Å². The number of amides is 1. The van der Waals surface area contributed by atoms with E-state index in [2.05, 4.69) is 5.32 Å². The van der Waals surface area contributed by atoms with Crippen molar-refractivity contribution in [3.8, 4) is 11.5 Å². The summed E-state index contributed by atoms with van der Waals surface area (Å²) < 4.78 is 37.2. The predicted molar refractivity (Wildman–Crippen MR) is 119 cm³/mol. The Morgan fingerprint density at radius 3 is 2.47 bits per heavy atom. The zero-order valence-electron chi connectivity index (χ0n) is 18.1. The number of hydrogen-bond acceptors (Lipinski definition) is 5. The van der Waals surface area contributed by atoms with Gasteiger partial charge >= 0.3 is 0 Å². The van der Waals surface area contributed by atoms with E-state index < -0.39 is 16.1 Å². The maximum atomic E-state index is 13.0.